The van der Waals surface area contributed by atoms with Crippen LogP contribution in [0.2, 0.25) is 0 Å². The molecule has 1 unspecified atom stereocenters. The Kier molecular flexibility index (Phi) is 6.93. The Hall–Kier alpha value is -2.27. The Morgan fingerprint density at radius 2 is 2.15 bits per heavy atom. The maximum Gasteiger partial charge on any atom is 0.129 e. The van der Waals surface area contributed by atoms with E-state index in [0.717, 1.165) is 25.1 Å². The molecule has 0 amide bonds. The molecule has 1 aromatic carbocycles. The Morgan fingerprint density at radius 1 is 1.26 bits per heavy atom. The van der Waals surface area contributed by atoms with Crippen LogP contribution in [0.4, 0.5) is 10.1 Å². The van der Waals surface area contributed by atoms with Crippen molar-refractivity contribution in [2.45, 2.75) is 38.6 Å². The summed E-state index contributed by atoms with van der Waals surface area (Å²) < 4.78 is 12.8. The van der Waals surface area contributed by atoms with Crippen molar-refractivity contribution >= 4 is 23.5 Å². The molecule has 2 aliphatic heterocycles. The number of halogens is 1. The van der Waals surface area contributed by atoms with E-state index in [9.17, 15) is 4.39 Å². The van der Waals surface area contributed by atoms with Crippen LogP contribution in [0.5, 0.6) is 0 Å². The van der Waals surface area contributed by atoms with Gasteiger partial charge in [0.25, 0.3) is 0 Å². The predicted octanol–water partition coefficient (Wildman–Crippen LogP) is 1.97. The summed E-state index contributed by atoms with van der Waals surface area (Å²) in [6, 6.07) is 4.82. The van der Waals surface area contributed by atoms with Gasteiger partial charge in [-0.1, -0.05) is 31.9 Å². The minimum atomic E-state index is -0.451. The molecule has 0 aromatic heterocycles. The Labute approximate surface area is 161 Å². The Bertz CT molecular complexity index is 825. The molecule has 5 N–H and O–H groups in total. The Morgan fingerprint density at radius 3 is 2.85 bits per heavy atom. The van der Waals surface area contributed by atoms with Gasteiger partial charge in [-0.25, -0.2) is 4.39 Å². The number of hydrogen-bond acceptors (Lipinski definition) is 4. The van der Waals surface area contributed by atoms with Gasteiger partial charge in [0.15, 0.2) is 0 Å². The highest BCUT2D eigenvalue weighted by molar-refractivity contribution is 5.73. The second-order valence-electron chi connectivity index (χ2n) is 7.22. The molecular weight excluding hydrogens is 339 g/mol. The lowest BCUT2D eigenvalue weighted by Crippen LogP contribution is -2.38. The third-order valence-electron chi connectivity index (χ3n) is 5.19. The van der Waals surface area contributed by atoms with Gasteiger partial charge >= 0.3 is 0 Å². The fraction of sp³-hybridized carbons (Fsp3) is 0.455. The molecule has 1 atom stereocenters. The minimum Gasteiger partial charge on any atom is -0.387 e. The normalized spacial score (nSPS) is 16.6. The van der Waals surface area contributed by atoms with Crippen LogP contribution in [0.3, 0.4) is 0 Å². The number of fused-ring (bicyclic) bond motifs is 1. The predicted molar refractivity (Wildman–Crippen MR) is 113 cm³/mol. The molecule has 2 heterocycles. The van der Waals surface area contributed by atoms with Gasteiger partial charge in [-0.2, -0.15) is 0 Å². The monoisotopic (exact) mass is 370 g/mol. The molecule has 0 saturated heterocycles. The summed E-state index contributed by atoms with van der Waals surface area (Å²) in [6.07, 6.45) is 12.6. The third-order valence-corrected chi connectivity index (χ3v) is 5.19. The highest BCUT2D eigenvalue weighted by Gasteiger charge is 2.13. The number of rotatable bonds is 9. The van der Waals surface area contributed by atoms with Crippen LogP contribution in [0.1, 0.15) is 38.2 Å². The molecule has 5 heteroatoms. The van der Waals surface area contributed by atoms with Crippen molar-refractivity contribution in [1.82, 2.24) is 10.6 Å². The summed E-state index contributed by atoms with van der Waals surface area (Å²) >= 11 is 0. The van der Waals surface area contributed by atoms with E-state index in [1.54, 1.807) is 0 Å². The SMILES string of the molecule is CCCCC(CCN)Nc1cc(C2=CC=C(CF)NC2)cc2c1=CNCC=2. The van der Waals surface area contributed by atoms with E-state index < -0.39 is 6.67 Å². The highest BCUT2D eigenvalue weighted by Crippen LogP contribution is 2.19. The first-order valence-electron chi connectivity index (χ1n) is 9.99. The molecule has 0 fully saturated rings. The van der Waals surface area contributed by atoms with Gasteiger partial charge in [-0.05, 0) is 54.0 Å². The van der Waals surface area contributed by atoms with E-state index >= 15 is 0 Å². The van der Waals surface area contributed by atoms with Gasteiger partial charge in [0, 0.05) is 41.9 Å². The molecule has 0 saturated carbocycles. The number of anilines is 1. The van der Waals surface area contributed by atoms with Crippen molar-refractivity contribution in [3.63, 3.8) is 0 Å². The zero-order chi connectivity index (χ0) is 19.1. The van der Waals surface area contributed by atoms with Crippen molar-refractivity contribution in [1.29, 1.82) is 0 Å². The minimum absolute atomic E-state index is 0.376. The zero-order valence-electron chi connectivity index (χ0n) is 16.2. The van der Waals surface area contributed by atoms with Gasteiger partial charge in [0.1, 0.15) is 6.67 Å². The molecule has 0 aliphatic carbocycles. The average Bonchev–Trinajstić information content (AvgIpc) is 2.72. The molecule has 27 heavy (non-hydrogen) atoms. The van der Waals surface area contributed by atoms with Gasteiger partial charge < -0.3 is 21.7 Å². The summed E-state index contributed by atoms with van der Waals surface area (Å²) in [5, 5.41) is 12.7. The fourth-order valence-electron chi connectivity index (χ4n) is 3.62. The number of nitrogens with one attached hydrogen (secondary N) is 3. The summed E-state index contributed by atoms with van der Waals surface area (Å²) in [5.74, 6) is 0. The second-order valence-corrected chi connectivity index (χ2v) is 7.22. The van der Waals surface area contributed by atoms with Crippen molar-refractivity contribution in [3.8, 4) is 0 Å². The van der Waals surface area contributed by atoms with E-state index in [1.807, 2.05) is 12.2 Å². The van der Waals surface area contributed by atoms with Crippen LogP contribution < -0.4 is 32.1 Å². The topological polar surface area (TPSA) is 62.1 Å². The Balaban J connectivity index is 1.95. The van der Waals surface area contributed by atoms with E-state index in [2.05, 4.69) is 47.3 Å². The van der Waals surface area contributed by atoms with E-state index in [0.29, 0.717) is 24.8 Å². The van der Waals surface area contributed by atoms with Crippen LogP contribution in [-0.4, -0.2) is 32.4 Å². The number of benzene rings is 1. The molecule has 0 bridgehead atoms. The lowest BCUT2D eigenvalue weighted by atomic mass is 9.98. The number of alkyl halides is 1. The number of nitrogens with two attached hydrogens (primary N) is 1. The molecule has 146 valence electrons. The number of hydrogen-bond donors (Lipinski definition) is 4. The lowest BCUT2D eigenvalue weighted by molar-refractivity contribution is 0.522. The van der Waals surface area contributed by atoms with Crippen molar-refractivity contribution in [2.75, 3.05) is 31.6 Å². The quantitative estimate of drug-likeness (QED) is 0.537. The van der Waals surface area contributed by atoms with Crippen molar-refractivity contribution in [3.05, 3.63) is 46.0 Å². The average molecular weight is 371 g/mol. The van der Waals surface area contributed by atoms with E-state index in [1.165, 1.54) is 34.4 Å². The van der Waals surface area contributed by atoms with Crippen LogP contribution in [0, 0.1) is 0 Å². The zero-order valence-corrected chi connectivity index (χ0v) is 16.2. The number of dihydropyridines is 1. The molecule has 0 radical (unpaired) electrons. The fourth-order valence-corrected chi connectivity index (χ4v) is 3.62. The second kappa shape index (κ2) is 9.60. The van der Waals surface area contributed by atoms with Crippen molar-refractivity contribution in [2.24, 2.45) is 5.73 Å². The smallest absolute Gasteiger partial charge is 0.129 e. The first-order chi connectivity index (χ1) is 13.2. The van der Waals surface area contributed by atoms with E-state index in [-0.39, 0.29) is 0 Å². The molecular formula is C22H31FN4. The third kappa shape index (κ3) is 4.92. The molecule has 0 spiro atoms. The molecule has 2 aliphatic rings. The molecule has 4 nitrogen and oxygen atoms in total. The molecule has 3 rings (SSSR count). The van der Waals surface area contributed by atoms with Gasteiger partial charge in [-0.15, -0.1) is 0 Å². The first kappa shape index (κ1) is 19.5. The number of unbranched alkanes of at least 4 members (excludes halogenated alkanes) is 1. The standard InChI is InChI=1S/C22H31FN4/c1-2-3-4-19(7-9-24)27-22-12-18(11-16-8-10-25-15-21(16)22)17-5-6-20(13-23)26-14-17/h5-6,8,11-12,15,19,25-27H,2-4,7,9-10,13-14,24H2,1H3. The maximum atomic E-state index is 12.8. The van der Waals surface area contributed by atoms with Gasteiger partial charge in [0.2, 0.25) is 0 Å². The lowest BCUT2D eigenvalue weighted by Gasteiger charge is -2.22. The van der Waals surface area contributed by atoms with Crippen LogP contribution >= 0.6 is 0 Å². The summed E-state index contributed by atoms with van der Waals surface area (Å²) in [4.78, 5) is 0. The summed E-state index contributed by atoms with van der Waals surface area (Å²) in [5.41, 5.74) is 9.97. The van der Waals surface area contributed by atoms with E-state index in [4.69, 9.17) is 5.73 Å². The maximum absolute atomic E-state index is 12.8. The highest BCUT2D eigenvalue weighted by atomic mass is 19.1. The van der Waals surface area contributed by atoms with Gasteiger partial charge in [-0.3, -0.25) is 0 Å². The first-order valence-corrected chi connectivity index (χ1v) is 9.99. The summed E-state index contributed by atoms with van der Waals surface area (Å²) in [7, 11) is 0. The van der Waals surface area contributed by atoms with Crippen LogP contribution in [0.25, 0.3) is 17.8 Å². The van der Waals surface area contributed by atoms with Crippen LogP contribution in [-0.2, 0) is 0 Å². The van der Waals surface area contributed by atoms with Crippen LogP contribution in [0.15, 0.2) is 30.0 Å². The molecule has 1 aromatic rings. The number of allylic oxidation sites excluding steroid dienone is 3. The largest absolute Gasteiger partial charge is 0.387 e. The van der Waals surface area contributed by atoms with Crippen molar-refractivity contribution < 1.29 is 4.39 Å². The van der Waals surface area contributed by atoms with Gasteiger partial charge in [0.05, 0.1) is 0 Å². The summed E-state index contributed by atoms with van der Waals surface area (Å²) in [6.45, 7) is 3.94.